The van der Waals surface area contributed by atoms with Crippen LogP contribution >= 0.6 is 12.2 Å². The summed E-state index contributed by atoms with van der Waals surface area (Å²) in [6.45, 7) is 0. The van der Waals surface area contributed by atoms with Crippen LogP contribution in [0, 0.1) is 4.71 Å². The van der Waals surface area contributed by atoms with Crippen molar-refractivity contribution in [2.45, 2.75) is 0 Å². The number of benzene rings is 2. The van der Waals surface area contributed by atoms with Gasteiger partial charge in [0.05, 0.1) is 16.9 Å². The van der Waals surface area contributed by atoms with E-state index in [0.717, 1.165) is 22.5 Å². The van der Waals surface area contributed by atoms with Gasteiger partial charge in [0.25, 0.3) is 0 Å². The standard InChI is InChI=1S/C16H12N2OS/c20-16-14(11-17-13-9-5-2-6-10-13)15(18-19-16)12-7-3-1-4-8-12/h1-11,18H. The van der Waals surface area contributed by atoms with Crippen molar-refractivity contribution >= 4 is 24.1 Å². The van der Waals surface area contributed by atoms with Gasteiger partial charge in [-0.3, -0.25) is 4.99 Å². The molecule has 0 saturated heterocycles. The van der Waals surface area contributed by atoms with Gasteiger partial charge in [-0.2, -0.15) is 0 Å². The maximum absolute atomic E-state index is 5.24. The van der Waals surface area contributed by atoms with Crippen molar-refractivity contribution in [2.75, 3.05) is 0 Å². The van der Waals surface area contributed by atoms with E-state index in [0.29, 0.717) is 4.71 Å². The van der Waals surface area contributed by atoms with Crippen LogP contribution in [0.4, 0.5) is 5.69 Å². The van der Waals surface area contributed by atoms with E-state index in [1.54, 1.807) is 6.21 Å². The Morgan fingerprint density at radius 2 is 1.60 bits per heavy atom. The van der Waals surface area contributed by atoms with Crippen molar-refractivity contribution in [1.82, 2.24) is 5.16 Å². The highest BCUT2D eigenvalue weighted by molar-refractivity contribution is 7.71. The summed E-state index contributed by atoms with van der Waals surface area (Å²) in [7, 11) is 0. The zero-order valence-electron chi connectivity index (χ0n) is 10.6. The quantitative estimate of drug-likeness (QED) is 0.555. The molecular weight excluding hydrogens is 268 g/mol. The smallest absolute Gasteiger partial charge is 0.229 e. The van der Waals surface area contributed by atoms with E-state index < -0.39 is 0 Å². The third kappa shape index (κ3) is 2.60. The van der Waals surface area contributed by atoms with Crippen molar-refractivity contribution in [2.24, 2.45) is 4.99 Å². The van der Waals surface area contributed by atoms with Gasteiger partial charge in [-0.15, -0.1) is 0 Å². The van der Waals surface area contributed by atoms with Crippen LogP contribution in [0.2, 0.25) is 0 Å². The molecule has 4 heteroatoms. The molecule has 0 aliphatic heterocycles. The molecule has 3 aromatic rings. The molecule has 1 aromatic heterocycles. The number of hydrogen-bond donors (Lipinski definition) is 1. The first kappa shape index (κ1) is 12.6. The predicted octanol–water partition coefficient (Wildman–Crippen LogP) is 4.75. The van der Waals surface area contributed by atoms with Crippen LogP contribution in [0.1, 0.15) is 5.56 Å². The fourth-order valence-corrected chi connectivity index (χ4v) is 2.10. The molecule has 3 rings (SSSR count). The highest BCUT2D eigenvalue weighted by atomic mass is 32.1. The Morgan fingerprint density at radius 1 is 0.950 bits per heavy atom. The Kier molecular flexibility index (Phi) is 3.56. The zero-order chi connectivity index (χ0) is 13.8. The van der Waals surface area contributed by atoms with Crippen LogP contribution in [-0.2, 0) is 0 Å². The number of aromatic amines is 1. The van der Waals surface area contributed by atoms with Crippen LogP contribution in [0.15, 0.2) is 70.2 Å². The largest absolute Gasteiger partial charge is 0.369 e. The van der Waals surface area contributed by atoms with Crippen LogP contribution in [0.25, 0.3) is 11.3 Å². The van der Waals surface area contributed by atoms with Gasteiger partial charge in [0.15, 0.2) is 0 Å². The van der Waals surface area contributed by atoms with Crippen molar-refractivity contribution in [1.29, 1.82) is 0 Å². The van der Waals surface area contributed by atoms with Crippen LogP contribution < -0.4 is 0 Å². The molecule has 98 valence electrons. The first-order valence-corrected chi connectivity index (χ1v) is 6.61. The summed E-state index contributed by atoms with van der Waals surface area (Å²) in [4.78, 5) is 4.42. The average molecular weight is 280 g/mol. The molecule has 1 N–H and O–H groups in total. The summed E-state index contributed by atoms with van der Waals surface area (Å²) < 4.78 is 5.64. The van der Waals surface area contributed by atoms with Gasteiger partial charge in [-0.05, 0) is 24.4 Å². The summed E-state index contributed by atoms with van der Waals surface area (Å²) in [6, 6.07) is 19.6. The fraction of sp³-hybridized carbons (Fsp3) is 0. The van der Waals surface area contributed by atoms with E-state index in [4.69, 9.17) is 16.7 Å². The fourth-order valence-electron chi connectivity index (χ4n) is 1.90. The third-order valence-corrected chi connectivity index (χ3v) is 3.20. The first-order valence-electron chi connectivity index (χ1n) is 6.20. The summed E-state index contributed by atoms with van der Waals surface area (Å²) in [6.07, 6.45) is 1.74. The molecule has 0 unspecified atom stereocenters. The highest BCUT2D eigenvalue weighted by Crippen LogP contribution is 2.22. The highest BCUT2D eigenvalue weighted by Gasteiger charge is 2.09. The molecule has 0 radical (unpaired) electrons. The number of aromatic nitrogens is 1. The number of hydrogen-bond acceptors (Lipinski definition) is 3. The molecule has 2 aromatic carbocycles. The second-order valence-corrected chi connectivity index (χ2v) is 4.61. The van der Waals surface area contributed by atoms with Crippen LogP contribution in [-0.4, -0.2) is 11.4 Å². The van der Waals surface area contributed by atoms with E-state index in [1.807, 2.05) is 60.7 Å². The number of H-pyrrole nitrogens is 1. The minimum Gasteiger partial charge on any atom is -0.369 e. The van der Waals surface area contributed by atoms with Crippen LogP contribution in [0.3, 0.4) is 0 Å². The normalized spacial score (nSPS) is 11.0. The Balaban J connectivity index is 2.01. The Hall–Kier alpha value is -2.46. The van der Waals surface area contributed by atoms with E-state index >= 15 is 0 Å². The summed E-state index contributed by atoms with van der Waals surface area (Å²) in [5, 5.41) is 2.86. The molecule has 0 amide bonds. The SMILES string of the molecule is S=c1o[nH]c(-c2ccccc2)c1C=Nc1ccccc1. The van der Waals surface area contributed by atoms with Gasteiger partial charge in [-0.1, -0.05) is 48.5 Å². The minimum atomic E-state index is 0.406. The van der Waals surface area contributed by atoms with Gasteiger partial charge in [0, 0.05) is 11.8 Å². The molecule has 0 bridgehead atoms. The number of nitrogens with one attached hydrogen (secondary N) is 1. The number of rotatable bonds is 3. The number of para-hydroxylation sites is 1. The monoisotopic (exact) mass is 280 g/mol. The average Bonchev–Trinajstić information content (AvgIpc) is 2.88. The van der Waals surface area contributed by atoms with E-state index in [2.05, 4.69) is 10.1 Å². The Bertz CT molecular complexity index is 773. The number of nitrogens with zero attached hydrogens (tertiary/aromatic N) is 1. The first-order chi connectivity index (χ1) is 9.84. The lowest BCUT2D eigenvalue weighted by Gasteiger charge is -1.97. The molecule has 0 aliphatic carbocycles. The molecule has 0 atom stereocenters. The maximum Gasteiger partial charge on any atom is 0.229 e. The maximum atomic E-state index is 5.24. The molecule has 1 heterocycles. The molecule has 0 fully saturated rings. The molecule has 0 spiro atoms. The molecule has 3 nitrogen and oxygen atoms in total. The lowest BCUT2D eigenvalue weighted by atomic mass is 10.1. The minimum absolute atomic E-state index is 0.406. The lowest BCUT2D eigenvalue weighted by Crippen LogP contribution is -1.85. The molecule has 0 aliphatic rings. The topological polar surface area (TPSA) is 41.3 Å². The Labute approximate surface area is 121 Å². The predicted molar refractivity (Wildman–Crippen MR) is 83.0 cm³/mol. The van der Waals surface area contributed by atoms with Crippen molar-refractivity contribution in [3.05, 3.63) is 70.9 Å². The van der Waals surface area contributed by atoms with Gasteiger partial charge in [-0.25, -0.2) is 5.16 Å². The second-order valence-electron chi connectivity index (χ2n) is 4.24. The van der Waals surface area contributed by atoms with E-state index in [9.17, 15) is 0 Å². The Morgan fingerprint density at radius 3 is 2.30 bits per heavy atom. The van der Waals surface area contributed by atoms with Crippen molar-refractivity contribution < 1.29 is 4.52 Å². The van der Waals surface area contributed by atoms with Gasteiger partial charge < -0.3 is 4.52 Å². The van der Waals surface area contributed by atoms with E-state index in [-0.39, 0.29) is 0 Å². The van der Waals surface area contributed by atoms with Crippen LogP contribution in [0.5, 0.6) is 0 Å². The number of aliphatic imine (C=N–C) groups is 1. The van der Waals surface area contributed by atoms with Crippen molar-refractivity contribution in [3.63, 3.8) is 0 Å². The molecule has 20 heavy (non-hydrogen) atoms. The van der Waals surface area contributed by atoms with E-state index in [1.165, 1.54) is 0 Å². The summed E-state index contributed by atoms with van der Waals surface area (Å²) in [5.74, 6) is 0. The summed E-state index contributed by atoms with van der Waals surface area (Å²) in [5.41, 5.74) is 3.52. The molecule has 0 saturated carbocycles. The second kappa shape index (κ2) is 5.67. The lowest BCUT2D eigenvalue weighted by molar-refractivity contribution is 0.410. The van der Waals surface area contributed by atoms with Gasteiger partial charge in [0.2, 0.25) is 4.71 Å². The third-order valence-electron chi connectivity index (χ3n) is 2.90. The van der Waals surface area contributed by atoms with Crippen molar-refractivity contribution in [3.8, 4) is 11.3 Å². The zero-order valence-corrected chi connectivity index (χ0v) is 11.4. The molecular formula is C16H12N2OS. The summed E-state index contributed by atoms with van der Waals surface area (Å²) >= 11 is 5.20. The van der Waals surface area contributed by atoms with Gasteiger partial charge in [0.1, 0.15) is 0 Å². The van der Waals surface area contributed by atoms with Gasteiger partial charge >= 0.3 is 0 Å².